The van der Waals surface area contributed by atoms with Gasteiger partial charge in [-0.25, -0.2) is 4.79 Å². The minimum Gasteiger partial charge on any atom is -1.00 e. The summed E-state index contributed by atoms with van der Waals surface area (Å²) in [5, 5.41) is 15.8. The van der Waals surface area contributed by atoms with Gasteiger partial charge in [-0.1, -0.05) is 6.08 Å². The van der Waals surface area contributed by atoms with Crippen LogP contribution in [-0.2, 0) is 4.79 Å². The first-order valence-electron chi connectivity index (χ1n) is 1.77. The standard InChI is InChI=1S/C4H6O3.Ca.2H/c5-3-1-2-4(6)7;;;/h1-2,5H,3H2,(H,6,7);;;/q;+2;2*-1. The summed E-state index contributed by atoms with van der Waals surface area (Å²) in [7, 11) is 0. The number of hydrogen-bond acceptors (Lipinski definition) is 2. The first-order valence-corrected chi connectivity index (χ1v) is 1.77. The van der Waals surface area contributed by atoms with Gasteiger partial charge >= 0.3 is 43.7 Å². The molecule has 2 N–H and O–H groups in total. The number of carboxylic acid groups (broad SMARTS) is 1. The van der Waals surface area contributed by atoms with Crippen LogP contribution in [0, 0.1) is 0 Å². The second-order valence-electron chi connectivity index (χ2n) is 0.923. The zero-order valence-electron chi connectivity index (χ0n) is 6.37. The normalized spacial score (nSPS) is 8.62. The molecule has 0 amide bonds. The second kappa shape index (κ2) is 7.43. The number of hydrogen-bond donors (Lipinski definition) is 2. The zero-order chi connectivity index (χ0) is 5.70. The van der Waals surface area contributed by atoms with Crippen LogP contribution in [0.5, 0.6) is 0 Å². The molecular weight excluding hydrogens is 136 g/mol. The Hall–Kier alpha value is 0.430. The Labute approximate surface area is 80.0 Å². The first kappa shape index (κ1) is 11.3. The van der Waals surface area contributed by atoms with E-state index in [1.165, 1.54) is 0 Å². The molecule has 0 heterocycles. The minimum absolute atomic E-state index is 0. The van der Waals surface area contributed by atoms with Crippen molar-refractivity contribution < 1.29 is 17.9 Å². The Morgan fingerprint density at radius 2 is 2.25 bits per heavy atom. The van der Waals surface area contributed by atoms with Crippen LogP contribution < -0.4 is 0 Å². The maximum absolute atomic E-state index is 9.56. The molecule has 0 rings (SSSR count). The molecule has 0 saturated heterocycles. The largest absolute Gasteiger partial charge is 2.00 e. The molecule has 44 valence electrons. The molecule has 0 aromatic carbocycles. The predicted molar refractivity (Wildman–Crippen MR) is 31.8 cm³/mol. The van der Waals surface area contributed by atoms with Crippen LogP contribution in [0.4, 0.5) is 0 Å². The van der Waals surface area contributed by atoms with E-state index >= 15 is 0 Å². The Bertz CT molecular complexity index is 96.5. The van der Waals surface area contributed by atoms with E-state index in [0.717, 1.165) is 12.2 Å². The number of carbonyl (C=O) groups is 1. The van der Waals surface area contributed by atoms with Crippen molar-refractivity contribution in [3.8, 4) is 0 Å². The Morgan fingerprint density at radius 1 is 1.75 bits per heavy atom. The fraction of sp³-hybridized carbons (Fsp3) is 0.250. The van der Waals surface area contributed by atoms with Gasteiger partial charge in [0.1, 0.15) is 0 Å². The predicted octanol–water partition coefficient (Wildman–Crippen LogP) is -0.536. The van der Waals surface area contributed by atoms with Crippen molar-refractivity contribution in [2.45, 2.75) is 0 Å². The topological polar surface area (TPSA) is 57.5 Å². The molecule has 0 atom stereocenters. The summed E-state index contributed by atoms with van der Waals surface area (Å²) < 4.78 is 0. The Kier molecular flexibility index (Phi) is 10.5. The third kappa shape index (κ3) is 9.66. The molecule has 0 spiro atoms. The number of aliphatic carboxylic acids is 1. The van der Waals surface area contributed by atoms with E-state index in [4.69, 9.17) is 10.2 Å². The molecule has 0 fully saturated rings. The molecule has 4 heteroatoms. The number of aliphatic hydroxyl groups excluding tert-OH is 1. The van der Waals surface area contributed by atoms with E-state index in [-0.39, 0.29) is 47.2 Å². The van der Waals surface area contributed by atoms with E-state index in [2.05, 4.69) is 0 Å². The molecule has 0 aromatic rings. The molecule has 0 aliphatic heterocycles. The van der Waals surface area contributed by atoms with Crippen LogP contribution >= 0.6 is 0 Å². The maximum atomic E-state index is 9.56. The summed E-state index contributed by atoms with van der Waals surface area (Å²) in [5.74, 6) is -1.03. The average Bonchev–Trinajstić information content (AvgIpc) is 1.61. The van der Waals surface area contributed by atoms with Crippen LogP contribution in [0.15, 0.2) is 12.2 Å². The molecule has 0 aromatic heterocycles. The van der Waals surface area contributed by atoms with Crippen molar-refractivity contribution in [1.82, 2.24) is 0 Å². The fourth-order valence-corrected chi connectivity index (χ4v) is 0.154. The molecule has 8 heavy (non-hydrogen) atoms. The van der Waals surface area contributed by atoms with Crippen LogP contribution in [0.3, 0.4) is 0 Å². The fourth-order valence-electron chi connectivity index (χ4n) is 0.154. The monoisotopic (exact) mass is 144 g/mol. The molecule has 0 aliphatic carbocycles. The van der Waals surface area contributed by atoms with Crippen molar-refractivity contribution >= 4 is 43.7 Å². The summed E-state index contributed by atoms with van der Waals surface area (Å²) >= 11 is 0. The molecular formula is C4H8CaO3. The summed E-state index contributed by atoms with van der Waals surface area (Å²) in [6.07, 6.45) is 2.04. The van der Waals surface area contributed by atoms with Gasteiger partial charge in [0.2, 0.25) is 0 Å². The Balaban J connectivity index is -0.0000000600. The van der Waals surface area contributed by atoms with Gasteiger partial charge in [-0.05, 0) is 0 Å². The molecule has 0 saturated carbocycles. The van der Waals surface area contributed by atoms with Gasteiger partial charge in [-0.2, -0.15) is 0 Å². The molecule has 0 radical (unpaired) electrons. The summed E-state index contributed by atoms with van der Waals surface area (Å²) in [5.41, 5.74) is 0. The number of aliphatic hydroxyl groups is 1. The summed E-state index contributed by atoms with van der Waals surface area (Å²) in [6.45, 7) is -0.216. The van der Waals surface area contributed by atoms with Crippen molar-refractivity contribution in [2.75, 3.05) is 6.61 Å². The van der Waals surface area contributed by atoms with Crippen molar-refractivity contribution in [3.63, 3.8) is 0 Å². The van der Waals surface area contributed by atoms with Crippen LogP contribution in [0.25, 0.3) is 0 Å². The van der Waals surface area contributed by atoms with Crippen LogP contribution in [0.2, 0.25) is 0 Å². The second-order valence-corrected chi connectivity index (χ2v) is 0.923. The van der Waals surface area contributed by atoms with Gasteiger partial charge in [0, 0.05) is 6.08 Å². The van der Waals surface area contributed by atoms with Gasteiger partial charge in [0.15, 0.2) is 0 Å². The molecule has 3 nitrogen and oxygen atoms in total. The number of rotatable bonds is 2. The van der Waals surface area contributed by atoms with E-state index in [0.29, 0.717) is 0 Å². The van der Waals surface area contributed by atoms with Crippen molar-refractivity contribution in [3.05, 3.63) is 12.2 Å². The van der Waals surface area contributed by atoms with Crippen molar-refractivity contribution in [2.24, 2.45) is 0 Å². The van der Waals surface area contributed by atoms with Crippen LogP contribution in [0.1, 0.15) is 2.85 Å². The zero-order valence-corrected chi connectivity index (χ0v) is 6.58. The Morgan fingerprint density at radius 3 is 2.38 bits per heavy atom. The maximum Gasteiger partial charge on any atom is 2.00 e. The quantitative estimate of drug-likeness (QED) is 0.404. The van der Waals surface area contributed by atoms with Crippen molar-refractivity contribution in [1.29, 1.82) is 0 Å². The molecule has 0 aliphatic rings. The van der Waals surface area contributed by atoms with Gasteiger partial charge in [-0.3, -0.25) is 0 Å². The third-order valence-electron chi connectivity index (χ3n) is 0.366. The minimum atomic E-state index is -1.03. The molecule has 0 unspecified atom stereocenters. The van der Waals surface area contributed by atoms with E-state index in [9.17, 15) is 4.79 Å². The average molecular weight is 144 g/mol. The van der Waals surface area contributed by atoms with E-state index < -0.39 is 5.97 Å². The summed E-state index contributed by atoms with van der Waals surface area (Å²) in [4.78, 5) is 9.56. The first-order chi connectivity index (χ1) is 3.27. The number of carboxylic acids is 1. The SMILES string of the molecule is O=C(O)C=CCO.[Ca+2].[H-].[H-]. The van der Waals surface area contributed by atoms with E-state index in [1.54, 1.807) is 0 Å². The summed E-state index contributed by atoms with van der Waals surface area (Å²) in [6, 6.07) is 0. The third-order valence-corrected chi connectivity index (χ3v) is 0.366. The van der Waals surface area contributed by atoms with E-state index in [1.807, 2.05) is 0 Å². The molecule has 0 bridgehead atoms. The van der Waals surface area contributed by atoms with Gasteiger partial charge < -0.3 is 13.1 Å². The van der Waals surface area contributed by atoms with Gasteiger partial charge in [-0.15, -0.1) is 0 Å². The van der Waals surface area contributed by atoms with Gasteiger partial charge in [0.25, 0.3) is 0 Å². The van der Waals surface area contributed by atoms with Crippen LogP contribution in [-0.4, -0.2) is 60.5 Å². The smallest absolute Gasteiger partial charge is 1.00 e. The van der Waals surface area contributed by atoms with Gasteiger partial charge in [0.05, 0.1) is 6.61 Å².